The van der Waals surface area contributed by atoms with Crippen LogP contribution in [0.5, 0.6) is 5.75 Å². The molecule has 3 aromatic carbocycles. The van der Waals surface area contributed by atoms with E-state index in [4.69, 9.17) is 13.7 Å². The molecule has 0 bridgehead atoms. The summed E-state index contributed by atoms with van der Waals surface area (Å²) in [5.74, 6) is 2.21. The molecule has 1 N–H and O–H groups in total. The van der Waals surface area contributed by atoms with Crippen molar-refractivity contribution in [2.24, 2.45) is 23.2 Å². The average molecular weight is 669 g/mol. The molecule has 1 aliphatic heterocycles. The minimum Gasteiger partial charge on any atom is -0.493 e. The molecule has 2 heterocycles. The van der Waals surface area contributed by atoms with Gasteiger partial charge in [0, 0.05) is 25.0 Å². The Balaban J connectivity index is 1.13. The predicted molar refractivity (Wildman–Crippen MR) is 191 cm³/mol. The van der Waals surface area contributed by atoms with Crippen molar-refractivity contribution in [1.82, 2.24) is 15.0 Å². The van der Waals surface area contributed by atoms with Crippen LogP contribution in [0.2, 0.25) is 0 Å². The molecule has 1 saturated carbocycles. The van der Waals surface area contributed by atoms with Crippen molar-refractivity contribution in [1.29, 1.82) is 0 Å². The second-order valence-corrected chi connectivity index (χ2v) is 17.0. The van der Waals surface area contributed by atoms with E-state index in [1.165, 1.54) is 15.3 Å². The van der Waals surface area contributed by atoms with Gasteiger partial charge in [-0.3, -0.25) is 0 Å². The number of piperidine rings is 1. The number of likely N-dealkylation sites (tertiary alicyclic amines) is 1. The normalized spacial score (nSPS) is 19.3. The first-order valence-electron chi connectivity index (χ1n) is 17.4. The standard InChI is InChI=1S/C39H50N3O5Si/c1-39(2,3)37(47-48(29-12-8-6-9-13-29)30-14-10-7-11-15-30)32-24-28(32)26-45-35-19-17-31-34(40-46-36(31)33(35)25-41(4)5)18-16-27-20-22-42(23-21-27)38(43)44/h6-15,17,19,27-28,32,37H,16,18,20-26H2,1-5H3,(H,43,44)/t28-,32-,37?/m0/s1. The van der Waals surface area contributed by atoms with E-state index in [0.717, 1.165) is 60.1 Å². The Kier molecular flexibility index (Phi) is 10.6. The molecule has 1 saturated heterocycles. The number of ether oxygens (including phenoxy) is 1. The fraction of sp³-hybridized carbons (Fsp3) is 0.487. The van der Waals surface area contributed by atoms with Crippen molar-refractivity contribution in [2.45, 2.75) is 65.5 Å². The van der Waals surface area contributed by atoms with Crippen LogP contribution in [0.25, 0.3) is 11.0 Å². The van der Waals surface area contributed by atoms with Crippen molar-refractivity contribution < 1.29 is 23.6 Å². The second kappa shape index (κ2) is 14.8. The monoisotopic (exact) mass is 668 g/mol. The zero-order chi connectivity index (χ0) is 33.8. The first-order valence-corrected chi connectivity index (χ1v) is 18.8. The molecular formula is C39H50N3O5Si. The molecule has 2 fully saturated rings. The molecular weight excluding hydrogens is 619 g/mol. The lowest BCUT2D eigenvalue weighted by molar-refractivity contribution is 0.0615. The minimum atomic E-state index is -1.43. The maximum atomic E-state index is 11.3. The molecule has 255 valence electrons. The number of nitrogens with zero attached hydrogens (tertiary/aromatic N) is 3. The van der Waals surface area contributed by atoms with Crippen LogP contribution >= 0.6 is 0 Å². The summed E-state index contributed by atoms with van der Waals surface area (Å²) in [6.07, 6.45) is 3.98. The molecule has 0 spiro atoms. The van der Waals surface area contributed by atoms with E-state index >= 15 is 0 Å². The molecule has 1 unspecified atom stereocenters. The number of amides is 1. The summed E-state index contributed by atoms with van der Waals surface area (Å²) in [5.41, 5.74) is 2.79. The highest BCUT2D eigenvalue weighted by molar-refractivity contribution is 6.80. The Labute approximate surface area is 286 Å². The van der Waals surface area contributed by atoms with Crippen LogP contribution in [0.15, 0.2) is 77.3 Å². The summed E-state index contributed by atoms with van der Waals surface area (Å²) in [7, 11) is 2.69. The largest absolute Gasteiger partial charge is 0.493 e. The summed E-state index contributed by atoms with van der Waals surface area (Å²) >= 11 is 0. The van der Waals surface area contributed by atoms with Crippen molar-refractivity contribution in [3.05, 3.63) is 84.1 Å². The van der Waals surface area contributed by atoms with Gasteiger partial charge in [-0.05, 0) is 91.9 Å². The Morgan fingerprint density at radius 1 is 1.02 bits per heavy atom. The molecule has 9 heteroatoms. The molecule has 3 atom stereocenters. The average Bonchev–Trinajstić information content (AvgIpc) is 3.71. The van der Waals surface area contributed by atoms with Gasteiger partial charge >= 0.3 is 6.09 Å². The van der Waals surface area contributed by atoms with Gasteiger partial charge in [0.05, 0.1) is 24.0 Å². The molecule has 1 aliphatic carbocycles. The second-order valence-electron chi connectivity index (χ2n) is 15.0. The van der Waals surface area contributed by atoms with E-state index in [1.54, 1.807) is 0 Å². The smallest absolute Gasteiger partial charge is 0.407 e. The molecule has 1 radical (unpaired) electrons. The number of rotatable bonds is 13. The first kappa shape index (κ1) is 34.2. The van der Waals surface area contributed by atoms with E-state index in [1.807, 2.05) is 0 Å². The lowest BCUT2D eigenvalue weighted by Gasteiger charge is -2.34. The van der Waals surface area contributed by atoms with Gasteiger partial charge < -0.3 is 28.6 Å². The molecule has 1 amide bonds. The van der Waals surface area contributed by atoms with Gasteiger partial charge in [-0.2, -0.15) is 0 Å². The lowest BCUT2D eigenvalue weighted by atomic mass is 9.85. The van der Waals surface area contributed by atoms with Crippen LogP contribution in [-0.4, -0.2) is 75.1 Å². The third kappa shape index (κ3) is 8.13. The summed E-state index contributed by atoms with van der Waals surface area (Å²) in [6, 6.07) is 25.6. The van der Waals surface area contributed by atoms with Gasteiger partial charge in [0.15, 0.2) is 5.58 Å². The van der Waals surface area contributed by atoms with E-state index < -0.39 is 15.1 Å². The van der Waals surface area contributed by atoms with Gasteiger partial charge in [0.2, 0.25) is 0 Å². The van der Waals surface area contributed by atoms with Gasteiger partial charge in [0.1, 0.15) is 5.75 Å². The summed E-state index contributed by atoms with van der Waals surface area (Å²) in [4.78, 5) is 14.9. The van der Waals surface area contributed by atoms with Gasteiger partial charge in [-0.15, -0.1) is 0 Å². The van der Waals surface area contributed by atoms with Crippen molar-refractivity contribution >= 4 is 36.5 Å². The number of aromatic nitrogens is 1. The Morgan fingerprint density at radius 3 is 2.25 bits per heavy atom. The highest BCUT2D eigenvalue weighted by Crippen LogP contribution is 2.48. The Morgan fingerprint density at radius 2 is 1.67 bits per heavy atom. The number of aryl methyl sites for hydroxylation is 1. The first-order chi connectivity index (χ1) is 23.1. The highest BCUT2D eigenvalue weighted by atomic mass is 28.3. The van der Waals surface area contributed by atoms with Crippen molar-refractivity contribution in [2.75, 3.05) is 33.8 Å². The summed E-state index contributed by atoms with van der Waals surface area (Å²) < 4.78 is 19.8. The van der Waals surface area contributed by atoms with Crippen LogP contribution in [0.1, 0.15) is 57.7 Å². The lowest BCUT2D eigenvalue weighted by Crippen LogP contribution is -2.50. The van der Waals surface area contributed by atoms with Crippen LogP contribution in [-0.2, 0) is 17.4 Å². The molecule has 8 nitrogen and oxygen atoms in total. The van der Waals surface area contributed by atoms with Gasteiger partial charge in [0.25, 0.3) is 9.04 Å². The van der Waals surface area contributed by atoms with E-state index in [0.29, 0.717) is 44.0 Å². The molecule has 4 aromatic rings. The third-order valence-corrected chi connectivity index (χ3v) is 12.1. The number of fused-ring (bicyclic) bond motifs is 1. The SMILES string of the molecule is CN(C)Cc1c(OC[C@@H]2C[C@@H]2C(O[Si](c2ccccc2)c2ccccc2)C(C)(C)C)ccc2c(CCC3CCN(C(=O)O)CC3)noc12. The van der Waals surface area contributed by atoms with E-state index in [2.05, 4.69) is 118 Å². The van der Waals surface area contributed by atoms with Crippen LogP contribution in [0.3, 0.4) is 0 Å². The molecule has 1 aromatic heterocycles. The van der Waals surface area contributed by atoms with Crippen molar-refractivity contribution in [3.63, 3.8) is 0 Å². The quantitative estimate of drug-likeness (QED) is 0.164. The van der Waals surface area contributed by atoms with E-state index in [-0.39, 0.29) is 11.5 Å². The van der Waals surface area contributed by atoms with Crippen molar-refractivity contribution in [3.8, 4) is 5.75 Å². The van der Waals surface area contributed by atoms with Crippen LogP contribution < -0.4 is 15.1 Å². The minimum absolute atomic E-state index is 0.0165. The molecule has 6 rings (SSSR count). The number of carbonyl (C=O) groups is 1. The van der Waals surface area contributed by atoms with Crippen LogP contribution in [0.4, 0.5) is 4.79 Å². The maximum Gasteiger partial charge on any atom is 0.407 e. The summed E-state index contributed by atoms with van der Waals surface area (Å²) in [6.45, 7) is 9.45. The summed E-state index contributed by atoms with van der Waals surface area (Å²) in [5, 5.41) is 17.4. The third-order valence-electron chi connectivity index (χ3n) is 9.91. The van der Waals surface area contributed by atoms with E-state index in [9.17, 15) is 9.90 Å². The number of hydrogen-bond acceptors (Lipinski definition) is 6. The fourth-order valence-electron chi connectivity index (χ4n) is 7.17. The number of carboxylic acid groups (broad SMARTS) is 1. The highest BCUT2D eigenvalue weighted by Gasteiger charge is 2.49. The fourth-order valence-corrected chi connectivity index (χ4v) is 9.55. The Bertz CT molecular complexity index is 1610. The maximum absolute atomic E-state index is 11.3. The zero-order valence-electron chi connectivity index (χ0n) is 29.0. The Hall–Kier alpha value is -3.66. The van der Waals surface area contributed by atoms with Gasteiger partial charge in [-0.1, -0.05) is 86.6 Å². The molecule has 48 heavy (non-hydrogen) atoms. The topological polar surface area (TPSA) is 88.3 Å². The number of hydrogen-bond donors (Lipinski definition) is 1. The predicted octanol–water partition coefficient (Wildman–Crippen LogP) is 6.46. The van der Waals surface area contributed by atoms with Gasteiger partial charge in [-0.25, -0.2) is 4.79 Å². The molecule has 2 aliphatic rings. The number of benzene rings is 3. The zero-order valence-corrected chi connectivity index (χ0v) is 30.0. The van der Waals surface area contributed by atoms with Crippen LogP contribution in [0, 0.1) is 23.2 Å².